The minimum Gasteiger partial charge on any atom is -0.280 e. The number of hydrogen-bond donors (Lipinski definition) is 2. The summed E-state index contributed by atoms with van der Waals surface area (Å²) < 4.78 is 56.2. The smallest absolute Gasteiger partial charge is 0.263 e. The molecular formula is C22H20N4O4S2. The van der Waals surface area contributed by atoms with Gasteiger partial charge in [-0.05, 0) is 49.6 Å². The topological polar surface area (TPSA) is 118 Å². The van der Waals surface area contributed by atoms with E-state index in [1.54, 1.807) is 32.0 Å². The molecule has 0 amide bonds. The second-order valence-corrected chi connectivity index (χ2v) is 10.5. The van der Waals surface area contributed by atoms with Crippen molar-refractivity contribution in [2.24, 2.45) is 0 Å². The van der Waals surface area contributed by atoms with E-state index in [0.29, 0.717) is 16.9 Å². The van der Waals surface area contributed by atoms with Gasteiger partial charge in [-0.1, -0.05) is 36.4 Å². The van der Waals surface area contributed by atoms with Crippen LogP contribution in [0.15, 0.2) is 82.6 Å². The van der Waals surface area contributed by atoms with E-state index in [9.17, 15) is 16.8 Å². The molecule has 2 N–H and O–H groups in total. The third kappa shape index (κ3) is 4.56. The van der Waals surface area contributed by atoms with Crippen molar-refractivity contribution in [2.45, 2.75) is 23.6 Å². The van der Waals surface area contributed by atoms with E-state index in [2.05, 4.69) is 19.4 Å². The van der Waals surface area contributed by atoms with Crippen LogP contribution in [0.2, 0.25) is 0 Å². The van der Waals surface area contributed by atoms with Crippen LogP contribution in [0.5, 0.6) is 0 Å². The van der Waals surface area contributed by atoms with Gasteiger partial charge in [-0.25, -0.2) is 26.8 Å². The quantitative estimate of drug-likeness (QED) is 0.444. The Hall–Kier alpha value is -3.50. The average Bonchev–Trinajstić information content (AvgIpc) is 2.72. The van der Waals surface area contributed by atoms with Gasteiger partial charge in [-0.3, -0.25) is 9.44 Å². The first-order chi connectivity index (χ1) is 15.1. The maximum absolute atomic E-state index is 12.9. The number of nitrogens with one attached hydrogen (secondary N) is 2. The van der Waals surface area contributed by atoms with E-state index in [1.165, 1.54) is 36.4 Å². The Morgan fingerprint density at radius 1 is 0.719 bits per heavy atom. The van der Waals surface area contributed by atoms with Gasteiger partial charge in [0.15, 0.2) is 0 Å². The maximum Gasteiger partial charge on any atom is 0.263 e. The molecule has 8 nitrogen and oxygen atoms in total. The zero-order chi connectivity index (χ0) is 22.9. The van der Waals surface area contributed by atoms with Crippen molar-refractivity contribution in [2.75, 3.05) is 9.44 Å². The minimum absolute atomic E-state index is 0.0282. The van der Waals surface area contributed by atoms with Gasteiger partial charge in [0.25, 0.3) is 20.0 Å². The van der Waals surface area contributed by atoms with Crippen molar-refractivity contribution in [3.63, 3.8) is 0 Å². The molecule has 10 heteroatoms. The molecule has 0 saturated carbocycles. The molecule has 164 valence electrons. The van der Waals surface area contributed by atoms with Crippen molar-refractivity contribution < 1.29 is 16.8 Å². The predicted molar refractivity (Wildman–Crippen MR) is 124 cm³/mol. The second-order valence-electron chi connectivity index (χ2n) is 7.15. The number of hydrogen-bond acceptors (Lipinski definition) is 6. The summed E-state index contributed by atoms with van der Waals surface area (Å²) in [7, 11) is -7.78. The molecule has 0 fully saturated rings. The first kappa shape index (κ1) is 21.7. The van der Waals surface area contributed by atoms with Crippen LogP contribution in [0.25, 0.3) is 10.8 Å². The predicted octanol–water partition coefficient (Wildman–Crippen LogP) is 3.85. The highest BCUT2D eigenvalue weighted by Crippen LogP contribution is 2.25. The second kappa shape index (κ2) is 8.21. The summed E-state index contributed by atoms with van der Waals surface area (Å²) in [5.74, 6) is 0.608. The Labute approximate surface area is 186 Å². The van der Waals surface area contributed by atoms with Gasteiger partial charge in [0.2, 0.25) is 0 Å². The van der Waals surface area contributed by atoms with E-state index in [1.807, 2.05) is 18.2 Å². The highest BCUT2D eigenvalue weighted by molar-refractivity contribution is 7.93. The molecule has 32 heavy (non-hydrogen) atoms. The summed E-state index contributed by atoms with van der Waals surface area (Å²) in [5, 5.41) is 1.40. The molecule has 3 aromatic carbocycles. The number of aromatic nitrogens is 2. The van der Waals surface area contributed by atoms with Gasteiger partial charge < -0.3 is 0 Å². The van der Waals surface area contributed by atoms with Crippen LogP contribution in [-0.2, 0) is 20.0 Å². The number of fused-ring (bicyclic) bond motifs is 1. The number of anilines is 2. The Bertz CT molecular complexity index is 1490. The van der Waals surface area contributed by atoms with E-state index in [4.69, 9.17) is 0 Å². The molecule has 0 aliphatic carbocycles. The number of nitrogens with zero attached hydrogens (tertiary/aromatic N) is 2. The van der Waals surface area contributed by atoms with E-state index < -0.39 is 20.0 Å². The molecule has 0 aliphatic heterocycles. The van der Waals surface area contributed by atoms with E-state index >= 15 is 0 Å². The lowest BCUT2D eigenvalue weighted by atomic mass is 10.1. The van der Waals surface area contributed by atoms with Crippen LogP contribution >= 0.6 is 0 Å². The van der Waals surface area contributed by atoms with Crippen LogP contribution < -0.4 is 9.44 Å². The fourth-order valence-electron chi connectivity index (χ4n) is 3.31. The lowest BCUT2D eigenvalue weighted by Crippen LogP contribution is -2.16. The fraction of sp³-hybridized carbons (Fsp3) is 0.0909. The first-order valence-corrected chi connectivity index (χ1v) is 12.6. The Balaban J connectivity index is 1.58. The fourth-order valence-corrected chi connectivity index (χ4v) is 5.59. The summed E-state index contributed by atoms with van der Waals surface area (Å²) in [4.78, 5) is 8.31. The number of rotatable bonds is 6. The van der Waals surface area contributed by atoms with Gasteiger partial charge in [-0.2, -0.15) is 0 Å². The molecule has 4 rings (SSSR count). The standard InChI is InChI=1S/C22H20N4O4S2/c1-15-14-22(24-16(2)23-15)26-31(27,28)19-12-10-18(11-13-19)25-32(29,30)21-9-5-7-17-6-3-4-8-20(17)21/h3-14,25H,1-2H3,(H,23,24,26). The summed E-state index contributed by atoms with van der Waals surface area (Å²) in [5.41, 5.74) is 0.874. The van der Waals surface area contributed by atoms with Gasteiger partial charge in [0, 0.05) is 22.8 Å². The number of aryl methyl sites for hydroxylation is 2. The molecule has 0 aliphatic rings. The van der Waals surface area contributed by atoms with Crippen LogP contribution in [-0.4, -0.2) is 26.8 Å². The van der Waals surface area contributed by atoms with Crippen molar-refractivity contribution in [1.82, 2.24) is 9.97 Å². The molecule has 0 unspecified atom stereocenters. The summed E-state index contributed by atoms with van der Waals surface area (Å²) >= 11 is 0. The molecule has 4 aromatic rings. The van der Waals surface area contributed by atoms with Gasteiger partial charge in [0.1, 0.15) is 11.6 Å². The lowest BCUT2D eigenvalue weighted by molar-refractivity contribution is 0.600. The van der Waals surface area contributed by atoms with Crippen LogP contribution in [0.4, 0.5) is 11.5 Å². The number of sulfonamides is 2. The van der Waals surface area contributed by atoms with Crippen LogP contribution in [0, 0.1) is 13.8 Å². The van der Waals surface area contributed by atoms with E-state index in [-0.39, 0.29) is 21.3 Å². The highest BCUT2D eigenvalue weighted by atomic mass is 32.2. The molecule has 0 atom stereocenters. The summed E-state index contributed by atoms with van der Waals surface area (Å²) in [6.07, 6.45) is 0. The minimum atomic E-state index is -3.91. The van der Waals surface area contributed by atoms with Crippen molar-refractivity contribution >= 4 is 42.3 Å². The zero-order valence-electron chi connectivity index (χ0n) is 17.3. The first-order valence-electron chi connectivity index (χ1n) is 9.60. The van der Waals surface area contributed by atoms with Gasteiger partial charge in [-0.15, -0.1) is 0 Å². The maximum atomic E-state index is 12.9. The third-order valence-corrected chi connectivity index (χ3v) is 7.47. The zero-order valence-corrected chi connectivity index (χ0v) is 18.9. The molecule has 1 heterocycles. The van der Waals surface area contributed by atoms with Crippen molar-refractivity contribution in [1.29, 1.82) is 0 Å². The van der Waals surface area contributed by atoms with Crippen molar-refractivity contribution in [3.05, 3.63) is 84.3 Å². The van der Waals surface area contributed by atoms with Crippen molar-refractivity contribution in [3.8, 4) is 0 Å². The van der Waals surface area contributed by atoms with Crippen LogP contribution in [0.3, 0.4) is 0 Å². The summed E-state index contributed by atoms with van der Waals surface area (Å²) in [6.45, 7) is 3.41. The Morgan fingerprint density at radius 2 is 1.41 bits per heavy atom. The third-order valence-electron chi connectivity index (χ3n) is 4.66. The molecule has 0 bridgehead atoms. The normalized spacial score (nSPS) is 11.9. The van der Waals surface area contributed by atoms with Gasteiger partial charge >= 0.3 is 0 Å². The van der Waals surface area contributed by atoms with Crippen LogP contribution in [0.1, 0.15) is 11.5 Å². The largest absolute Gasteiger partial charge is 0.280 e. The molecule has 0 saturated heterocycles. The Kier molecular flexibility index (Phi) is 5.57. The molecular weight excluding hydrogens is 448 g/mol. The van der Waals surface area contributed by atoms with Gasteiger partial charge in [0.05, 0.1) is 9.79 Å². The monoisotopic (exact) mass is 468 g/mol. The number of benzene rings is 3. The highest BCUT2D eigenvalue weighted by Gasteiger charge is 2.19. The summed E-state index contributed by atoms with van der Waals surface area (Å²) in [6, 6.07) is 19.2. The van der Waals surface area contributed by atoms with E-state index in [0.717, 1.165) is 5.39 Å². The SMILES string of the molecule is Cc1cc(NS(=O)(=O)c2ccc(NS(=O)(=O)c3cccc4ccccc34)cc2)nc(C)n1. The molecule has 1 aromatic heterocycles. The Morgan fingerprint density at radius 3 is 2.12 bits per heavy atom. The lowest BCUT2D eigenvalue weighted by Gasteiger charge is -2.12. The average molecular weight is 469 g/mol. The molecule has 0 spiro atoms. The molecule has 0 radical (unpaired) electrons.